The second kappa shape index (κ2) is 5.22. The molecule has 1 aliphatic rings. The lowest BCUT2D eigenvalue weighted by atomic mass is 10.00. The smallest absolute Gasteiger partial charge is 0.248 e. The molecular formula is C12H21N3O3S. The highest BCUT2D eigenvalue weighted by atomic mass is 32.2. The molecule has 0 aromatic carbocycles. The van der Waals surface area contributed by atoms with Crippen LogP contribution in [-0.4, -0.2) is 36.5 Å². The molecule has 0 spiro atoms. The molecule has 1 aromatic rings. The van der Waals surface area contributed by atoms with Crippen LogP contribution in [0.2, 0.25) is 0 Å². The third-order valence-corrected chi connectivity index (χ3v) is 5.81. The first-order valence-electron chi connectivity index (χ1n) is 6.56. The van der Waals surface area contributed by atoms with Gasteiger partial charge in [-0.2, -0.15) is 4.31 Å². The number of nitrogens with zero attached hydrogens (tertiary/aromatic N) is 2. The number of sulfonamides is 1. The summed E-state index contributed by atoms with van der Waals surface area (Å²) in [6.45, 7) is 5.64. The van der Waals surface area contributed by atoms with Gasteiger partial charge in [0.1, 0.15) is 10.6 Å². The highest BCUT2D eigenvalue weighted by Gasteiger charge is 2.38. The van der Waals surface area contributed by atoms with Gasteiger partial charge in [0, 0.05) is 18.6 Å². The molecule has 0 aliphatic carbocycles. The van der Waals surface area contributed by atoms with Gasteiger partial charge in [-0.25, -0.2) is 8.42 Å². The quantitative estimate of drug-likeness (QED) is 0.901. The summed E-state index contributed by atoms with van der Waals surface area (Å²) in [4.78, 5) is 0.194. The number of hydrogen-bond acceptors (Lipinski definition) is 5. The van der Waals surface area contributed by atoms with E-state index in [1.54, 1.807) is 13.8 Å². The Kier molecular flexibility index (Phi) is 3.98. The van der Waals surface area contributed by atoms with Crippen molar-refractivity contribution in [2.24, 2.45) is 5.73 Å². The highest BCUT2D eigenvalue weighted by molar-refractivity contribution is 7.89. The predicted molar refractivity (Wildman–Crippen MR) is 71.2 cm³/mol. The minimum atomic E-state index is -3.58. The van der Waals surface area contributed by atoms with Crippen LogP contribution in [0, 0.1) is 13.8 Å². The van der Waals surface area contributed by atoms with Gasteiger partial charge in [0.05, 0.1) is 0 Å². The van der Waals surface area contributed by atoms with Crippen molar-refractivity contribution in [2.75, 3.05) is 6.54 Å². The maximum Gasteiger partial charge on any atom is 0.248 e. The number of aromatic nitrogens is 1. The van der Waals surface area contributed by atoms with Gasteiger partial charge < -0.3 is 10.3 Å². The van der Waals surface area contributed by atoms with Crippen molar-refractivity contribution in [2.45, 2.75) is 57.0 Å². The van der Waals surface area contributed by atoms with E-state index < -0.39 is 10.0 Å². The van der Waals surface area contributed by atoms with E-state index in [0.29, 0.717) is 18.0 Å². The second-order valence-corrected chi connectivity index (χ2v) is 7.02. The summed E-state index contributed by atoms with van der Waals surface area (Å²) < 4.78 is 32.1. The summed E-state index contributed by atoms with van der Waals surface area (Å²) in [7, 11) is -3.58. The van der Waals surface area contributed by atoms with Crippen LogP contribution in [-0.2, 0) is 10.0 Å². The SMILES string of the molecule is Cc1noc(C)c1S(=O)(=O)N1CCCCC1C(C)N. The molecule has 2 N–H and O–H groups in total. The number of hydrogen-bond donors (Lipinski definition) is 1. The molecule has 108 valence electrons. The molecule has 6 nitrogen and oxygen atoms in total. The molecule has 2 unspecified atom stereocenters. The molecule has 1 saturated heterocycles. The molecule has 1 fully saturated rings. The Balaban J connectivity index is 2.43. The molecule has 1 aromatic heterocycles. The average Bonchev–Trinajstić information content (AvgIpc) is 2.69. The summed E-state index contributed by atoms with van der Waals surface area (Å²) in [6.07, 6.45) is 2.69. The Morgan fingerprint density at radius 2 is 2.11 bits per heavy atom. The Labute approximate surface area is 114 Å². The average molecular weight is 287 g/mol. The number of aryl methyl sites for hydroxylation is 2. The maximum absolute atomic E-state index is 12.8. The molecule has 19 heavy (non-hydrogen) atoms. The number of nitrogens with two attached hydrogens (primary N) is 1. The summed E-state index contributed by atoms with van der Waals surface area (Å²) in [5.74, 6) is 0.339. The van der Waals surface area contributed by atoms with Crippen LogP contribution < -0.4 is 5.73 Å². The van der Waals surface area contributed by atoms with E-state index in [0.717, 1.165) is 19.3 Å². The van der Waals surface area contributed by atoms with Crippen LogP contribution in [0.3, 0.4) is 0 Å². The van der Waals surface area contributed by atoms with Crippen LogP contribution in [0.25, 0.3) is 0 Å². The van der Waals surface area contributed by atoms with Gasteiger partial charge in [0.2, 0.25) is 10.0 Å². The summed E-state index contributed by atoms with van der Waals surface area (Å²) in [5.41, 5.74) is 6.35. The number of rotatable bonds is 3. The third kappa shape index (κ3) is 2.54. The molecule has 0 amide bonds. The molecule has 0 radical (unpaired) electrons. The maximum atomic E-state index is 12.8. The van der Waals surface area contributed by atoms with Gasteiger partial charge >= 0.3 is 0 Å². The zero-order valence-corrected chi connectivity index (χ0v) is 12.4. The topological polar surface area (TPSA) is 89.4 Å². The van der Waals surface area contributed by atoms with Crippen molar-refractivity contribution in [1.29, 1.82) is 0 Å². The molecule has 1 aliphatic heterocycles. The van der Waals surface area contributed by atoms with E-state index in [1.165, 1.54) is 4.31 Å². The van der Waals surface area contributed by atoms with Gasteiger partial charge in [-0.3, -0.25) is 0 Å². The molecule has 2 rings (SSSR count). The molecular weight excluding hydrogens is 266 g/mol. The fourth-order valence-electron chi connectivity index (χ4n) is 2.71. The van der Waals surface area contributed by atoms with E-state index in [1.807, 2.05) is 6.92 Å². The first kappa shape index (κ1) is 14.5. The Morgan fingerprint density at radius 1 is 1.42 bits per heavy atom. The molecule has 2 atom stereocenters. The van der Waals surface area contributed by atoms with Gasteiger partial charge in [-0.05, 0) is 33.6 Å². The first-order valence-corrected chi connectivity index (χ1v) is 8.00. The molecule has 0 saturated carbocycles. The van der Waals surface area contributed by atoms with Crippen molar-refractivity contribution in [3.63, 3.8) is 0 Å². The normalized spacial score (nSPS) is 23.5. The van der Waals surface area contributed by atoms with Gasteiger partial charge in [-0.1, -0.05) is 11.6 Å². The van der Waals surface area contributed by atoms with E-state index in [2.05, 4.69) is 5.16 Å². The zero-order valence-electron chi connectivity index (χ0n) is 11.6. The van der Waals surface area contributed by atoms with Crippen LogP contribution in [0.5, 0.6) is 0 Å². The van der Waals surface area contributed by atoms with E-state index in [4.69, 9.17) is 10.3 Å². The highest BCUT2D eigenvalue weighted by Crippen LogP contribution is 2.29. The van der Waals surface area contributed by atoms with E-state index >= 15 is 0 Å². The zero-order chi connectivity index (χ0) is 14.2. The fraction of sp³-hybridized carbons (Fsp3) is 0.750. The van der Waals surface area contributed by atoms with Crippen LogP contribution >= 0.6 is 0 Å². The largest absolute Gasteiger partial charge is 0.360 e. The summed E-state index contributed by atoms with van der Waals surface area (Å²) in [5, 5.41) is 3.74. The minimum absolute atomic E-state index is 0.146. The molecule has 0 bridgehead atoms. The first-order chi connectivity index (χ1) is 8.85. The Hall–Kier alpha value is -0.920. The standard InChI is InChI=1S/C12H21N3O3S/c1-8(13)11-6-4-5-7-15(11)19(16,17)12-9(2)14-18-10(12)3/h8,11H,4-7,13H2,1-3H3. The lowest BCUT2D eigenvalue weighted by Gasteiger charge is -2.36. The molecule has 7 heteroatoms. The van der Waals surface area contributed by atoms with Gasteiger partial charge in [0.25, 0.3) is 0 Å². The monoisotopic (exact) mass is 287 g/mol. The fourth-order valence-corrected chi connectivity index (χ4v) is 4.78. The Morgan fingerprint density at radius 3 is 2.63 bits per heavy atom. The molecule has 2 heterocycles. The number of piperidine rings is 1. The minimum Gasteiger partial charge on any atom is -0.360 e. The van der Waals surface area contributed by atoms with Crippen molar-refractivity contribution in [3.8, 4) is 0 Å². The van der Waals surface area contributed by atoms with E-state index in [-0.39, 0.29) is 17.0 Å². The van der Waals surface area contributed by atoms with Crippen molar-refractivity contribution in [3.05, 3.63) is 11.5 Å². The van der Waals surface area contributed by atoms with Crippen molar-refractivity contribution in [1.82, 2.24) is 9.46 Å². The summed E-state index contributed by atoms with van der Waals surface area (Å²) >= 11 is 0. The van der Waals surface area contributed by atoms with Gasteiger partial charge in [-0.15, -0.1) is 0 Å². The second-order valence-electron chi connectivity index (χ2n) is 5.19. The van der Waals surface area contributed by atoms with Crippen molar-refractivity contribution < 1.29 is 12.9 Å². The van der Waals surface area contributed by atoms with Crippen LogP contribution in [0.15, 0.2) is 9.42 Å². The van der Waals surface area contributed by atoms with E-state index in [9.17, 15) is 8.42 Å². The van der Waals surface area contributed by atoms with Crippen LogP contribution in [0.1, 0.15) is 37.6 Å². The lowest BCUT2D eigenvalue weighted by molar-refractivity contribution is 0.227. The Bertz CT molecular complexity index is 531. The predicted octanol–water partition coefficient (Wildman–Crippen LogP) is 1.18. The van der Waals surface area contributed by atoms with Gasteiger partial charge in [0.15, 0.2) is 5.76 Å². The summed E-state index contributed by atoms with van der Waals surface area (Å²) in [6, 6.07) is -0.331. The van der Waals surface area contributed by atoms with Crippen molar-refractivity contribution >= 4 is 10.0 Å². The lowest BCUT2D eigenvalue weighted by Crippen LogP contribution is -2.51. The third-order valence-electron chi connectivity index (χ3n) is 3.64. The van der Waals surface area contributed by atoms with Crippen LogP contribution in [0.4, 0.5) is 0 Å².